The highest BCUT2D eigenvalue weighted by Gasteiger charge is 2.30. The largest absolute Gasteiger partial charge is 0.465 e. The molecule has 0 aromatic carbocycles. The first-order valence-electron chi connectivity index (χ1n) is 7.31. The Hall–Kier alpha value is -2.80. The number of amides is 1. The van der Waals surface area contributed by atoms with E-state index in [2.05, 4.69) is 31.4 Å². The van der Waals surface area contributed by atoms with E-state index in [4.69, 9.17) is 9.47 Å². The number of methoxy groups -OCH3 is 1. The zero-order valence-corrected chi connectivity index (χ0v) is 16.6. The minimum absolute atomic E-state index is 0.0138. The van der Waals surface area contributed by atoms with Crippen molar-refractivity contribution in [1.29, 1.82) is 0 Å². The molecule has 2 aromatic rings. The molecule has 0 atom stereocenters. The third-order valence-corrected chi connectivity index (χ3v) is 5.25. The van der Waals surface area contributed by atoms with Gasteiger partial charge in [0.2, 0.25) is 0 Å². The first-order valence-corrected chi connectivity index (χ1v) is 8.92. The number of aromatic amines is 1. The van der Waals surface area contributed by atoms with Crippen LogP contribution in [0.1, 0.15) is 43.0 Å². The normalized spacial score (nSPS) is 10.4. The summed E-state index contributed by atoms with van der Waals surface area (Å²) in [4.78, 5) is 46.8. The molecule has 144 valence electrons. The second kappa shape index (κ2) is 8.26. The second-order valence-corrected chi connectivity index (χ2v) is 6.73. The Bertz CT molecular complexity index is 936. The summed E-state index contributed by atoms with van der Waals surface area (Å²) in [6, 6.07) is 0. The number of carbonyl (C=O) groups is 3. The Balaban J connectivity index is 2.44. The van der Waals surface area contributed by atoms with Crippen molar-refractivity contribution in [2.45, 2.75) is 13.8 Å². The highest BCUT2D eigenvalue weighted by atomic mass is 79.9. The summed E-state index contributed by atoms with van der Waals surface area (Å²) in [6.07, 6.45) is 0. The topological polar surface area (TPSA) is 154 Å². The van der Waals surface area contributed by atoms with E-state index in [-0.39, 0.29) is 37.8 Å². The van der Waals surface area contributed by atoms with Gasteiger partial charge in [-0.2, -0.15) is 0 Å². The Morgan fingerprint density at radius 2 is 2.04 bits per heavy atom. The van der Waals surface area contributed by atoms with Crippen molar-refractivity contribution in [3.05, 3.63) is 36.3 Å². The summed E-state index contributed by atoms with van der Waals surface area (Å²) in [6.45, 7) is 3.28. The lowest BCUT2D eigenvalue weighted by Crippen LogP contribution is -2.15. The summed E-state index contributed by atoms with van der Waals surface area (Å²) < 4.78 is 9.49. The number of nitro groups is 1. The molecule has 2 rings (SSSR count). The van der Waals surface area contributed by atoms with Crippen molar-refractivity contribution < 1.29 is 28.8 Å². The molecule has 1 amide bonds. The second-order valence-electron chi connectivity index (χ2n) is 4.92. The SMILES string of the molecule is CCOC(=O)c1sc(NC(=O)c2n[nH]c([N+](=O)[O-])c2Br)c(C(=O)OC)c1C. The van der Waals surface area contributed by atoms with Gasteiger partial charge >= 0.3 is 17.8 Å². The fraction of sp³-hybridized carbons (Fsp3) is 0.286. The predicted molar refractivity (Wildman–Crippen MR) is 97.2 cm³/mol. The number of H-pyrrole nitrogens is 1. The average molecular weight is 461 g/mol. The molecule has 0 aliphatic carbocycles. The number of hydrogen-bond donors (Lipinski definition) is 2. The summed E-state index contributed by atoms with van der Waals surface area (Å²) in [7, 11) is 1.16. The van der Waals surface area contributed by atoms with Crippen LogP contribution in [0.2, 0.25) is 0 Å². The van der Waals surface area contributed by atoms with Crippen molar-refractivity contribution in [3.8, 4) is 0 Å². The van der Waals surface area contributed by atoms with Gasteiger partial charge in [-0.3, -0.25) is 4.79 Å². The minimum Gasteiger partial charge on any atom is -0.465 e. The van der Waals surface area contributed by atoms with Gasteiger partial charge in [0.1, 0.15) is 14.4 Å². The van der Waals surface area contributed by atoms with E-state index < -0.39 is 28.6 Å². The molecule has 0 fully saturated rings. The van der Waals surface area contributed by atoms with Crippen molar-refractivity contribution >= 4 is 55.9 Å². The summed E-state index contributed by atoms with van der Waals surface area (Å²) >= 11 is 3.76. The van der Waals surface area contributed by atoms with Crippen LogP contribution in [0.5, 0.6) is 0 Å². The predicted octanol–water partition coefficient (Wildman–Crippen LogP) is 2.67. The molecule has 0 radical (unpaired) electrons. The monoisotopic (exact) mass is 460 g/mol. The Morgan fingerprint density at radius 3 is 2.56 bits per heavy atom. The maximum absolute atomic E-state index is 12.4. The van der Waals surface area contributed by atoms with E-state index in [9.17, 15) is 24.5 Å². The molecule has 2 aromatic heterocycles. The van der Waals surface area contributed by atoms with Gasteiger partial charge in [0, 0.05) is 0 Å². The number of halogens is 1. The number of aromatic nitrogens is 2. The molecule has 0 aliphatic rings. The zero-order chi connectivity index (χ0) is 20.3. The third-order valence-electron chi connectivity index (χ3n) is 3.31. The molecule has 2 N–H and O–H groups in total. The fourth-order valence-corrected chi connectivity index (χ4v) is 3.68. The smallest absolute Gasteiger partial charge is 0.357 e. The Labute approximate surface area is 164 Å². The lowest BCUT2D eigenvalue weighted by molar-refractivity contribution is -0.390. The van der Waals surface area contributed by atoms with Crippen molar-refractivity contribution in [3.63, 3.8) is 0 Å². The number of ether oxygens (including phenoxy) is 2. The summed E-state index contributed by atoms with van der Waals surface area (Å²) in [5, 5.41) is 19.0. The number of hydrogen-bond acceptors (Lipinski definition) is 9. The summed E-state index contributed by atoms with van der Waals surface area (Å²) in [5.41, 5.74) is -0.0195. The fourth-order valence-electron chi connectivity index (χ4n) is 2.09. The van der Waals surface area contributed by atoms with Gasteiger partial charge in [-0.1, -0.05) is 5.10 Å². The van der Waals surface area contributed by atoms with Crippen LogP contribution in [0.15, 0.2) is 4.47 Å². The maximum Gasteiger partial charge on any atom is 0.357 e. The van der Waals surface area contributed by atoms with Gasteiger partial charge in [-0.25, -0.2) is 9.59 Å². The number of nitrogens with zero attached hydrogens (tertiary/aromatic N) is 2. The van der Waals surface area contributed by atoms with Gasteiger partial charge in [0.05, 0.1) is 19.3 Å². The van der Waals surface area contributed by atoms with Crippen LogP contribution in [0.4, 0.5) is 10.8 Å². The number of anilines is 1. The first-order chi connectivity index (χ1) is 12.7. The standard InChI is InChI=1S/C14H13BrN4O7S/c1-4-26-14(22)9-5(2)6(13(21)25-3)12(27-9)16-11(20)8-7(15)10(18-17-8)19(23)24/h4H2,1-3H3,(H,16,20)(H,17,18). The maximum atomic E-state index is 12.4. The molecule has 27 heavy (non-hydrogen) atoms. The number of thiophene rings is 1. The molecule has 0 saturated heterocycles. The van der Waals surface area contributed by atoms with Crippen LogP contribution >= 0.6 is 27.3 Å². The van der Waals surface area contributed by atoms with Crippen LogP contribution in [0.3, 0.4) is 0 Å². The number of carbonyl (C=O) groups excluding carboxylic acids is 3. The van der Waals surface area contributed by atoms with E-state index in [1.54, 1.807) is 6.92 Å². The molecule has 0 aliphatic heterocycles. The summed E-state index contributed by atoms with van der Waals surface area (Å²) in [5.74, 6) is -2.74. The van der Waals surface area contributed by atoms with Crippen LogP contribution in [-0.4, -0.2) is 46.7 Å². The molecule has 0 bridgehead atoms. The van der Waals surface area contributed by atoms with Gasteiger partial charge in [-0.05, 0) is 40.3 Å². The molecule has 13 heteroatoms. The van der Waals surface area contributed by atoms with Gasteiger partial charge < -0.3 is 24.9 Å². The highest BCUT2D eigenvalue weighted by Crippen LogP contribution is 2.35. The molecule has 0 unspecified atom stereocenters. The Kier molecular flexibility index (Phi) is 6.28. The number of nitrogens with one attached hydrogen (secondary N) is 2. The highest BCUT2D eigenvalue weighted by molar-refractivity contribution is 9.10. The van der Waals surface area contributed by atoms with Gasteiger partial charge in [0.15, 0.2) is 5.69 Å². The van der Waals surface area contributed by atoms with Crippen LogP contribution < -0.4 is 5.32 Å². The van der Waals surface area contributed by atoms with Crippen molar-refractivity contribution in [2.24, 2.45) is 0 Å². The molecular weight excluding hydrogens is 448 g/mol. The number of rotatable bonds is 6. The first kappa shape index (κ1) is 20.5. The van der Waals surface area contributed by atoms with Gasteiger partial charge in [0.25, 0.3) is 5.91 Å². The van der Waals surface area contributed by atoms with Crippen LogP contribution in [-0.2, 0) is 9.47 Å². The van der Waals surface area contributed by atoms with E-state index in [0.29, 0.717) is 0 Å². The van der Waals surface area contributed by atoms with Crippen LogP contribution in [0.25, 0.3) is 0 Å². The zero-order valence-electron chi connectivity index (χ0n) is 14.2. The lowest BCUT2D eigenvalue weighted by atomic mass is 10.1. The van der Waals surface area contributed by atoms with Crippen molar-refractivity contribution in [1.82, 2.24) is 10.2 Å². The molecule has 11 nitrogen and oxygen atoms in total. The van der Waals surface area contributed by atoms with E-state index >= 15 is 0 Å². The molecule has 0 saturated carbocycles. The quantitative estimate of drug-likeness (QED) is 0.378. The number of esters is 2. The van der Waals surface area contributed by atoms with E-state index in [1.165, 1.54) is 6.92 Å². The molecular formula is C14H13BrN4O7S. The Morgan fingerprint density at radius 1 is 1.37 bits per heavy atom. The lowest BCUT2D eigenvalue weighted by Gasteiger charge is -2.04. The molecule has 2 heterocycles. The third kappa shape index (κ3) is 3.98. The van der Waals surface area contributed by atoms with E-state index in [0.717, 1.165) is 18.4 Å². The van der Waals surface area contributed by atoms with E-state index in [1.807, 2.05) is 0 Å². The van der Waals surface area contributed by atoms with Gasteiger partial charge in [-0.15, -0.1) is 16.4 Å². The van der Waals surface area contributed by atoms with Crippen molar-refractivity contribution in [2.75, 3.05) is 19.0 Å². The average Bonchev–Trinajstić information content (AvgIpc) is 3.15. The molecule has 0 spiro atoms. The minimum atomic E-state index is -0.826. The van der Waals surface area contributed by atoms with Crippen LogP contribution in [0, 0.1) is 17.0 Å².